The number of amides is 1. The number of nitrogen functional groups attached to an aromatic ring is 1. The lowest BCUT2D eigenvalue weighted by Crippen LogP contribution is -2.53. The van der Waals surface area contributed by atoms with Crippen LogP contribution < -0.4 is 5.73 Å². The largest absolute Gasteiger partial charge is 0.379 e. The predicted octanol–water partition coefficient (Wildman–Crippen LogP) is -1.78. The normalized spacial score (nSPS) is 17.6. The van der Waals surface area contributed by atoms with Gasteiger partial charge in [0.2, 0.25) is 11.5 Å². The fourth-order valence-corrected chi connectivity index (χ4v) is 2.93. The molecule has 0 radical (unpaired) electrons. The Balaban J connectivity index is 2.02. The van der Waals surface area contributed by atoms with Gasteiger partial charge in [0.15, 0.2) is 0 Å². The van der Waals surface area contributed by atoms with Crippen LogP contribution in [0.25, 0.3) is 0 Å². The molecule has 0 bridgehead atoms. The Morgan fingerprint density at radius 3 is 2.30 bits per heavy atom. The lowest BCUT2D eigenvalue weighted by Gasteiger charge is -2.34. The van der Waals surface area contributed by atoms with E-state index in [1.54, 1.807) is 0 Å². The Morgan fingerprint density at radius 1 is 1.25 bits per heavy atom. The van der Waals surface area contributed by atoms with Gasteiger partial charge in [-0.2, -0.15) is 17.0 Å². The summed E-state index contributed by atoms with van der Waals surface area (Å²) in [7, 11) is -0.520. The maximum atomic E-state index is 12.1. The highest BCUT2D eigenvalue weighted by atomic mass is 32.2. The monoisotopic (exact) mass is 304 g/mol. The van der Waals surface area contributed by atoms with Crippen molar-refractivity contribution in [2.45, 2.75) is 0 Å². The molecular formula is C9H16N6O4S. The molecule has 2 heterocycles. The number of nitrogens with zero attached hydrogens (tertiary/aromatic N) is 5. The lowest BCUT2D eigenvalue weighted by atomic mass is 10.3. The van der Waals surface area contributed by atoms with E-state index in [9.17, 15) is 13.2 Å². The van der Waals surface area contributed by atoms with Gasteiger partial charge in [-0.25, -0.2) is 4.63 Å². The molecule has 1 fully saturated rings. The predicted molar refractivity (Wildman–Crippen MR) is 68.8 cm³/mol. The molecule has 1 amide bonds. The first-order valence-corrected chi connectivity index (χ1v) is 7.28. The number of hydrogen-bond donors (Lipinski definition) is 1. The molecule has 1 saturated heterocycles. The van der Waals surface area contributed by atoms with Crippen LogP contribution in [0.2, 0.25) is 0 Å². The van der Waals surface area contributed by atoms with Crippen molar-refractivity contribution >= 4 is 21.9 Å². The molecule has 0 aromatic carbocycles. The Hall–Kier alpha value is -1.72. The van der Waals surface area contributed by atoms with Crippen LogP contribution in [0.4, 0.5) is 5.82 Å². The van der Waals surface area contributed by atoms with E-state index in [0.29, 0.717) is 0 Å². The van der Waals surface area contributed by atoms with Crippen LogP contribution in [-0.4, -0.2) is 78.4 Å². The van der Waals surface area contributed by atoms with E-state index >= 15 is 0 Å². The summed E-state index contributed by atoms with van der Waals surface area (Å²) in [4.78, 5) is 13.5. The fraction of sp³-hybridized carbons (Fsp3) is 0.667. The third-order valence-electron chi connectivity index (χ3n) is 3.03. The minimum atomic E-state index is -3.45. The fourth-order valence-electron chi connectivity index (χ4n) is 1.85. The maximum absolute atomic E-state index is 12.1. The first-order chi connectivity index (χ1) is 9.34. The summed E-state index contributed by atoms with van der Waals surface area (Å²) < 4.78 is 30.7. The van der Waals surface area contributed by atoms with Gasteiger partial charge in [-0.05, 0) is 10.3 Å². The number of anilines is 1. The minimum absolute atomic E-state index is 0.0473. The number of carbonyl (C=O) groups is 1. The van der Waals surface area contributed by atoms with Crippen molar-refractivity contribution in [3.05, 3.63) is 5.69 Å². The summed E-state index contributed by atoms with van der Waals surface area (Å²) in [5.41, 5.74) is 5.41. The first kappa shape index (κ1) is 14.7. The van der Waals surface area contributed by atoms with E-state index < -0.39 is 16.1 Å². The van der Waals surface area contributed by atoms with Crippen LogP contribution in [0.1, 0.15) is 10.5 Å². The van der Waals surface area contributed by atoms with E-state index in [-0.39, 0.29) is 37.7 Å². The summed E-state index contributed by atoms with van der Waals surface area (Å²) in [6.45, 7) is 0.964. The van der Waals surface area contributed by atoms with Gasteiger partial charge >= 0.3 is 0 Å². The summed E-state index contributed by atoms with van der Waals surface area (Å²) in [5, 5.41) is 6.79. The molecule has 1 aliphatic rings. The van der Waals surface area contributed by atoms with Gasteiger partial charge in [0.05, 0.1) is 0 Å². The molecule has 0 saturated carbocycles. The van der Waals surface area contributed by atoms with E-state index in [2.05, 4.69) is 14.9 Å². The molecule has 0 unspecified atom stereocenters. The van der Waals surface area contributed by atoms with Crippen molar-refractivity contribution in [3.63, 3.8) is 0 Å². The number of rotatable bonds is 3. The molecule has 2 N–H and O–H groups in total. The summed E-state index contributed by atoms with van der Waals surface area (Å²) in [5.74, 6) is -0.482. The SMILES string of the molecule is CN(C)S(=O)(=O)N1CCN(C(=O)c2nonc2N)CC1. The van der Waals surface area contributed by atoms with Crippen LogP contribution in [0.5, 0.6) is 0 Å². The Morgan fingerprint density at radius 2 is 1.85 bits per heavy atom. The van der Waals surface area contributed by atoms with Gasteiger partial charge in [-0.1, -0.05) is 0 Å². The van der Waals surface area contributed by atoms with Crippen molar-refractivity contribution in [2.24, 2.45) is 0 Å². The molecule has 0 atom stereocenters. The Kier molecular flexibility index (Phi) is 3.92. The van der Waals surface area contributed by atoms with Crippen LogP contribution in [0.15, 0.2) is 4.63 Å². The second-order valence-corrected chi connectivity index (χ2v) is 6.62. The van der Waals surface area contributed by atoms with Crippen LogP contribution in [0.3, 0.4) is 0 Å². The van der Waals surface area contributed by atoms with E-state index in [1.165, 1.54) is 23.3 Å². The number of piperazine rings is 1. The molecule has 11 heteroatoms. The van der Waals surface area contributed by atoms with Crippen molar-refractivity contribution in [3.8, 4) is 0 Å². The number of carbonyl (C=O) groups excluding carboxylic acids is 1. The highest BCUT2D eigenvalue weighted by molar-refractivity contribution is 7.86. The number of aromatic nitrogens is 2. The molecule has 112 valence electrons. The molecule has 20 heavy (non-hydrogen) atoms. The zero-order valence-corrected chi connectivity index (χ0v) is 12.0. The van der Waals surface area contributed by atoms with Crippen LogP contribution in [-0.2, 0) is 10.2 Å². The Labute approximate surface area is 116 Å². The van der Waals surface area contributed by atoms with Crippen LogP contribution in [0, 0.1) is 0 Å². The van der Waals surface area contributed by atoms with Gasteiger partial charge in [0, 0.05) is 40.3 Å². The van der Waals surface area contributed by atoms with Gasteiger partial charge < -0.3 is 10.6 Å². The second kappa shape index (κ2) is 5.34. The first-order valence-electron chi connectivity index (χ1n) is 5.89. The lowest BCUT2D eigenvalue weighted by molar-refractivity contribution is 0.0685. The molecule has 1 aliphatic heterocycles. The van der Waals surface area contributed by atoms with Gasteiger partial charge in [0.1, 0.15) is 0 Å². The zero-order chi connectivity index (χ0) is 14.9. The number of hydrogen-bond acceptors (Lipinski definition) is 7. The topological polar surface area (TPSA) is 126 Å². The average molecular weight is 304 g/mol. The quantitative estimate of drug-likeness (QED) is 0.699. The van der Waals surface area contributed by atoms with Gasteiger partial charge in [0.25, 0.3) is 16.1 Å². The molecular weight excluding hydrogens is 288 g/mol. The van der Waals surface area contributed by atoms with Crippen molar-refractivity contribution in [1.29, 1.82) is 0 Å². The summed E-state index contributed by atoms with van der Waals surface area (Å²) >= 11 is 0. The highest BCUT2D eigenvalue weighted by Gasteiger charge is 2.32. The van der Waals surface area contributed by atoms with Crippen molar-refractivity contribution in [1.82, 2.24) is 23.8 Å². The summed E-state index contributed by atoms with van der Waals surface area (Å²) in [6, 6.07) is 0. The van der Waals surface area contributed by atoms with Crippen molar-refractivity contribution in [2.75, 3.05) is 46.0 Å². The molecule has 1 aromatic rings. The molecule has 0 aliphatic carbocycles. The molecule has 10 nitrogen and oxygen atoms in total. The molecule has 0 spiro atoms. The number of nitrogens with two attached hydrogens (primary N) is 1. The molecule has 1 aromatic heterocycles. The standard InChI is InChI=1S/C9H16N6O4S/c1-13(2)20(17,18)15-5-3-14(4-6-15)9(16)7-8(10)12-19-11-7/h3-6H2,1-2H3,(H2,10,12). The van der Waals surface area contributed by atoms with E-state index in [1.807, 2.05) is 0 Å². The summed E-state index contributed by atoms with van der Waals surface area (Å²) in [6.07, 6.45) is 0. The maximum Gasteiger partial charge on any atom is 0.281 e. The second-order valence-electron chi connectivity index (χ2n) is 4.48. The third kappa shape index (κ3) is 2.59. The smallest absolute Gasteiger partial charge is 0.281 e. The Bertz CT molecular complexity index is 589. The minimum Gasteiger partial charge on any atom is -0.379 e. The van der Waals surface area contributed by atoms with E-state index in [0.717, 1.165) is 4.31 Å². The van der Waals surface area contributed by atoms with Gasteiger partial charge in [-0.15, -0.1) is 0 Å². The van der Waals surface area contributed by atoms with E-state index in [4.69, 9.17) is 5.73 Å². The van der Waals surface area contributed by atoms with Gasteiger partial charge in [-0.3, -0.25) is 4.79 Å². The molecule has 2 rings (SSSR count). The zero-order valence-electron chi connectivity index (χ0n) is 11.2. The van der Waals surface area contributed by atoms with Crippen LogP contribution >= 0.6 is 0 Å². The average Bonchev–Trinajstić information content (AvgIpc) is 2.84. The highest BCUT2D eigenvalue weighted by Crippen LogP contribution is 2.13. The van der Waals surface area contributed by atoms with Crippen molar-refractivity contribution < 1.29 is 17.8 Å². The third-order valence-corrected chi connectivity index (χ3v) is 4.97.